The second-order valence-corrected chi connectivity index (χ2v) is 10.6. The molecule has 5 nitrogen and oxygen atoms in total. The lowest BCUT2D eigenvalue weighted by Gasteiger charge is -2.24. The summed E-state index contributed by atoms with van der Waals surface area (Å²) in [5.41, 5.74) is 3.56. The van der Waals surface area contributed by atoms with E-state index in [-0.39, 0.29) is 24.5 Å². The summed E-state index contributed by atoms with van der Waals surface area (Å²) in [7, 11) is 0. The molecular weight excluding hydrogens is 562 g/mol. The van der Waals surface area contributed by atoms with Gasteiger partial charge in [0.2, 0.25) is 5.91 Å². The lowest BCUT2D eigenvalue weighted by atomic mass is 9.90. The molecule has 0 spiro atoms. The first-order chi connectivity index (χ1) is 16.3. The van der Waals surface area contributed by atoms with Crippen LogP contribution >= 0.6 is 31.9 Å². The van der Waals surface area contributed by atoms with Crippen molar-refractivity contribution < 1.29 is 20.1 Å². The van der Waals surface area contributed by atoms with Gasteiger partial charge in [-0.2, -0.15) is 0 Å². The Bertz CT molecular complexity index is 1150. The molecule has 4 rings (SSSR count). The molecule has 0 unspecified atom stereocenters. The lowest BCUT2D eigenvalue weighted by molar-refractivity contribution is -0.127. The Morgan fingerprint density at radius 1 is 1.03 bits per heavy atom. The molecule has 1 aliphatic rings. The van der Waals surface area contributed by atoms with Crippen LogP contribution in [0.1, 0.15) is 34.7 Å². The first kappa shape index (κ1) is 24.9. The van der Waals surface area contributed by atoms with Crippen molar-refractivity contribution in [2.45, 2.75) is 43.9 Å². The third-order valence-corrected chi connectivity index (χ3v) is 7.38. The number of halogens is 2. The Kier molecular flexibility index (Phi) is 8.09. The first-order valence-electron chi connectivity index (χ1n) is 11.3. The van der Waals surface area contributed by atoms with Crippen LogP contribution in [0.25, 0.3) is 0 Å². The zero-order chi connectivity index (χ0) is 24.2. The number of amides is 1. The molecule has 0 saturated heterocycles. The van der Waals surface area contributed by atoms with Crippen LogP contribution < -0.4 is 5.32 Å². The van der Waals surface area contributed by atoms with E-state index in [1.807, 2.05) is 54.6 Å². The number of rotatable bonds is 8. The highest BCUT2D eigenvalue weighted by atomic mass is 79.9. The van der Waals surface area contributed by atoms with E-state index in [0.29, 0.717) is 22.9 Å². The van der Waals surface area contributed by atoms with E-state index in [1.165, 1.54) is 0 Å². The van der Waals surface area contributed by atoms with Gasteiger partial charge in [0.1, 0.15) is 5.75 Å². The van der Waals surface area contributed by atoms with Gasteiger partial charge < -0.3 is 20.6 Å². The molecule has 7 heteroatoms. The number of carbonyl (C=O) groups is 1. The predicted octanol–water partition coefficient (Wildman–Crippen LogP) is 4.84. The van der Waals surface area contributed by atoms with Crippen LogP contribution in [0.4, 0.5) is 0 Å². The van der Waals surface area contributed by atoms with Crippen LogP contribution in [0.5, 0.6) is 5.75 Å². The average Bonchev–Trinajstić information content (AvgIpc) is 3.12. The molecule has 1 aliphatic carbocycles. The zero-order valence-electron chi connectivity index (χ0n) is 18.5. The highest BCUT2D eigenvalue weighted by Gasteiger charge is 2.34. The van der Waals surface area contributed by atoms with E-state index < -0.39 is 24.2 Å². The molecule has 34 heavy (non-hydrogen) atoms. The molecule has 0 radical (unpaired) electrons. The van der Waals surface area contributed by atoms with Gasteiger partial charge in [-0.25, -0.2) is 0 Å². The van der Waals surface area contributed by atoms with Crippen molar-refractivity contribution in [2.75, 3.05) is 0 Å². The van der Waals surface area contributed by atoms with Crippen LogP contribution in [-0.2, 0) is 24.1 Å². The van der Waals surface area contributed by atoms with Gasteiger partial charge in [0.15, 0.2) is 0 Å². The van der Waals surface area contributed by atoms with Gasteiger partial charge in [-0.3, -0.25) is 4.79 Å². The Hall–Kier alpha value is -2.19. The summed E-state index contributed by atoms with van der Waals surface area (Å²) in [4.78, 5) is 13.4. The molecule has 4 atom stereocenters. The van der Waals surface area contributed by atoms with Crippen LogP contribution in [0.2, 0.25) is 0 Å². The zero-order valence-corrected chi connectivity index (χ0v) is 21.7. The Morgan fingerprint density at radius 3 is 2.50 bits per heavy atom. The minimum Gasteiger partial charge on any atom is -0.506 e. The maximum absolute atomic E-state index is 13.4. The Balaban J connectivity index is 1.52. The van der Waals surface area contributed by atoms with E-state index in [0.717, 1.165) is 21.2 Å². The number of benzene rings is 3. The number of aliphatic hydroxyl groups excluding tert-OH is 2. The minimum absolute atomic E-state index is 0.0806. The van der Waals surface area contributed by atoms with E-state index in [2.05, 4.69) is 37.2 Å². The summed E-state index contributed by atoms with van der Waals surface area (Å²) in [6.07, 6.45) is -0.134. The molecule has 3 aromatic rings. The first-order valence-corrected chi connectivity index (χ1v) is 12.9. The maximum Gasteiger partial charge on any atom is 0.224 e. The summed E-state index contributed by atoms with van der Waals surface area (Å²) in [6, 6.07) is 20.5. The molecule has 0 bridgehead atoms. The SMILES string of the molecule is O=C(N[C@H]1c2ccccc2C[C@H]1O)[C@@H](Cc1ccccc1)C[C@H](O)Cc1cc(Br)cc(Br)c1O. The molecular formula is C27H27Br2NO4. The summed E-state index contributed by atoms with van der Waals surface area (Å²) in [5.74, 6) is -0.629. The number of aromatic hydroxyl groups is 1. The van der Waals surface area contributed by atoms with Crippen molar-refractivity contribution in [3.05, 3.63) is 97.9 Å². The topological polar surface area (TPSA) is 89.8 Å². The van der Waals surface area contributed by atoms with Gasteiger partial charge in [0, 0.05) is 23.2 Å². The largest absolute Gasteiger partial charge is 0.506 e. The maximum atomic E-state index is 13.4. The lowest BCUT2D eigenvalue weighted by Crippen LogP contribution is -2.39. The number of nitrogens with one attached hydrogen (secondary N) is 1. The van der Waals surface area contributed by atoms with Gasteiger partial charge in [-0.1, -0.05) is 70.5 Å². The molecule has 0 saturated carbocycles. The highest BCUT2D eigenvalue weighted by molar-refractivity contribution is 9.11. The van der Waals surface area contributed by atoms with Crippen molar-refractivity contribution in [1.29, 1.82) is 0 Å². The second kappa shape index (κ2) is 11.0. The monoisotopic (exact) mass is 587 g/mol. The third-order valence-electron chi connectivity index (χ3n) is 6.32. The number of hydrogen-bond acceptors (Lipinski definition) is 4. The van der Waals surface area contributed by atoms with Crippen LogP contribution in [0.15, 0.2) is 75.7 Å². The summed E-state index contributed by atoms with van der Waals surface area (Å²) in [5, 5.41) is 34.9. The van der Waals surface area contributed by atoms with Gasteiger partial charge >= 0.3 is 0 Å². The summed E-state index contributed by atoms with van der Waals surface area (Å²) < 4.78 is 1.32. The Morgan fingerprint density at radius 2 is 1.74 bits per heavy atom. The molecule has 0 heterocycles. The predicted molar refractivity (Wildman–Crippen MR) is 139 cm³/mol. The third kappa shape index (κ3) is 5.89. The molecule has 0 fully saturated rings. The van der Waals surface area contributed by atoms with Crippen molar-refractivity contribution in [1.82, 2.24) is 5.32 Å². The highest BCUT2D eigenvalue weighted by Crippen LogP contribution is 2.34. The number of phenols is 1. The quantitative estimate of drug-likeness (QED) is 0.303. The van der Waals surface area contributed by atoms with E-state index in [1.54, 1.807) is 12.1 Å². The van der Waals surface area contributed by atoms with Crippen molar-refractivity contribution in [3.63, 3.8) is 0 Å². The average molecular weight is 589 g/mol. The van der Waals surface area contributed by atoms with Crippen LogP contribution in [0, 0.1) is 5.92 Å². The van der Waals surface area contributed by atoms with Crippen molar-refractivity contribution >= 4 is 37.8 Å². The van der Waals surface area contributed by atoms with E-state index in [9.17, 15) is 20.1 Å². The minimum atomic E-state index is -0.840. The van der Waals surface area contributed by atoms with E-state index in [4.69, 9.17) is 0 Å². The fourth-order valence-electron chi connectivity index (χ4n) is 4.64. The van der Waals surface area contributed by atoms with Crippen molar-refractivity contribution in [2.24, 2.45) is 5.92 Å². The van der Waals surface area contributed by atoms with Gasteiger partial charge in [0.25, 0.3) is 0 Å². The molecule has 1 amide bonds. The van der Waals surface area contributed by atoms with Crippen LogP contribution in [-0.4, -0.2) is 33.4 Å². The number of hydrogen-bond donors (Lipinski definition) is 4. The smallest absolute Gasteiger partial charge is 0.224 e. The number of carbonyl (C=O) groups excluding carboxylic acids is 1. The summed E-state index contributed by atoms with van der Waals surface area (Å²) >= 11 is 6.74. The number of phenolic OH excluding ortho intramolecular Hbond substituents is 1. The van der Waals surface area contributed by atoms with E-state index >= 15 is 0 Å². The number of fused-ring (bicyclic) bond motifs is 1. The standard InChI is InChI=1S/C27H27Br2NO4/c28-20-11-18(26(33)23(29)15-20)12-21(31)13-19(10-16-6-2-1-3-7-16)27(34)30-25-22-9-5-4-8-17(22)14-24(25)32/h1-9,11,15,19,21,24-25,31-33H,10,12-14H2,(H,30,34)/t19-,21+,24+,25-/m0/s1. The molecule has 0 aliphatic heterocycles. The normalized spacial score (nSPS) is 18.8. The van der Waals surface area contributed by atoms with Gasteiger partial charge in [-0.15, -0.1) is 0 Å². The fraction of sp³-hybridized carbons (Fsp3) is 0.296. The molecule has 0 aromatic heterocycles. The van der Waals surface area contributed by atoms with Gasteiger partial charge in [0.05, 0.1) is 22.7 Å². The Labute approximate surface area is 216 Å². The fourth-order valence-corrected chi connectivity index (χ4v) is 5.95. The second-order valence-electron chi connectivity index (χ2n) is 8.83. The molecule has 4 N–H and O–H groups in total. The van der Waals surface area contributed by atoms with Crippen LogP contribution in [0.3, 0.4) is 0 Å². The van der Waals surface area contributed by atoms with Crippen molar-refractivity contribution in [3.8, 4) is 5.75 Å². The van der Waals surface area contributed by atoms with Gasteiger partial charge in [-0.05, 0) is 63.2 Å². The molecule has 3 aromatic carbocycles. The molecule has 178 valence electrons. The number of aliphatic hydroxyl groups is 2. The summed E-state index contributed by atoms with van der Waals surface area (Å²) in [6.45, 7) is 0.